The van der Waals surface area contributed by atoms with E-state index in [-0.39, 0.29) is 12.5 Å². The molecule has 5 N–H and O–H groups in total. The minimum atomic E-state index is -0.250. The first-order valence-electron chi connectivity index (χ1n) is 10.6. The molecule has 0 fully saturated rings. The van der Waals surface area contributed by atoms with E-state index in [9.17, 15) is 4.79 Å². The van der Waals surface area contributed by atoms with Gasteiger partial charge in [0.15, 0.2) is 0 Å². The number of hydrogen-bond acceptors (Lipinski definition) is 4. The maximum atomic E-state index is 11.9. The summed E-state index contributed by atoms with van der Waals surface area (Å²) in [6, 6.07) is 6.82. The number of fused-ring (bicyclic) bond motifs is 3. The smallest absolute Gasteiger partial charge is 0.325 e. The fourth-order valence-corrected chi connectivity index (χ4v) is 4.22. The molecule has 0 spiro atoms. The molecule has 0 saturated heterocycles. The van der Waals surface area contributed by atoms with Crippen LogP contribution in [0.3, 0.4) is 0 Å². The monoisotopic (exact) mass is 434 g/mol. The second-order valence-electron chi connectivity index (χ2n) is 7.88. The van der Waals surface area contributed by atoms with Crippen molar-refractivity contribution < 1.29 is 14.7 Å². The summed E-state index contributed by atoms with van der Waals surface area (Å²) >= 11 is 1.38. The zero-order valence-corrected chi connectivity index (χ0v) is 18.9. The number of benzene rings is 1. The van der Waals surface area contributed by atoms with E-state index >= 15 is 0 Å². The summed E-state index contributed by atoms with van der Waals surface area (Å²) in [5.41, 5.74) is 4.05. The topological polar surface area (TPSA) is 106 Å². The van der Waals surface area contributed by atoms with Crippen molar-refractivity contribution in [1.29, 1.82) is 0 Å². The summed E-state index contributed by atoms with van der Waals surface area (Å²) < 4.78 is 2.88. The van der Waals surface area contributed by atoms with Gasteiger partial charge in [-0.25, -0.2) is 4.79 Å². The van der Waals surface area contributed by atoms with Crippen LogP contribution < -0.4 is 15.4 Å². The number of carbonyl (C=O) groups excluding carboxylic acids is 1. The molecule has 1 atom stereocenters. The summed E-state index contributed by atoms with van der Waals surface area (Å²) in [6.45, 7) is 8.07. The van der Waals surface area contributed by atoms with Crippen molar-refractivity contribution in [3.8, 4) is 0 Å². The summed E-state index contributed by atoms with van der Waals surface area (Å²) in [4.78, 5) is 24.9. The molecule has 1 aliphatic carbocycles. The number of aromatic nitrogens is 1. The Bertz CT molecular complexity index is 822. The molecule has 2 amide bonds. The van der Waals surface area contributed by atoms with Crippen LogP contribution in [0.25, 0.3) is 10.9 Å². The van der Waals surface area contributed by atoms with E-state index in [0.29, 0.717) is 12.0 Å². The highest BCUT2D eigenvalue weighted by atomic mass is 32.2. The van der Waals surface area contributed by atoms with Gasteiger partial charge in [-0.05, 0) is 73.9 Å². The van der Waals surface area contributed by atoms with Gasteiger partial charge in [0.2, 0.25) is 0 Å². The summed E-state index contributed by atoms with van der Waals surface area (Å²) in [6.07, 6.45) is 5.56. The lowest BCUT2D eigenvalue weighted by Crippen LogP contribution is -2.31. The van der Waals surface area contributed by atoms with Crippen molar-refractivity contribution in [2.45, 2.75) is 63.8 Å². The lowest BCUT2D eigenvalue weighted by Gasteiger charge is -2.24. The van der Waals surface area contributed by atoms with E-state index in [1.165, 1.54) is 40.5 Å². The zero-order chi connectivity index (χ0) is 21.9. The van der Waals surface area contributed by atoms with Crippen LogP contribution in [0.4, 0.5) is 4.79 Å². The lowest BCUT2D eigenvalue weighted by atomic mass is 9.86. The van der Waals surface area contributed by atoms with Crippen LogP contribution in [0.2, 0.25) is 0 Å². The summed E-state index contributed by atoms with van der Waals surface area (Å²) in [7, 11) is 0. The predicted octanol–water partition coefficient (Wildman–Crippen LogP) is 4.08. The molecule has 166 valence electrons. The van der Waals surface area contributed by atoms with Crippen molar-refractivity contribution in [2.75, 3.05) is 13.1 Å². The minimum absolute atomic E-state index is 0.121. The van der Waals surface area contributed by atoms with Gasteiger partial charge in [0.05, 0.1) is 0 Å². The molecule has 1 aromatic carbocycles. The molecule has 2 aromatic rings. The van der Waals surface area contributed by atoms with Gasteiger partial charge in [-0.1, -0.05) is 27.2 Å². The molecule has 3 rings (SSSR count). The largest absolute Gasteiger partial charge is 0.483 e. The Balaban J connectivity index is 0.00000101. The molecule has 0 radical (unpaired) electrons. The van der Waals surface area contributed by atoms with Crippen molar-refractivity contribution in [1.82, 2.24) is 20.3 Å². The molecular formula is C22H34N4O3S. The first-order valence-corrected chi connectivity index (χ1v) is 11.5. The average Bonchev–Trinajstić information content (AvgIpc) is 3.09. The number of urea groups is 1. The highest BCUT2D eigenvalue weighted by Crippen LogP contribution is 2.33. The van der Waals surface area contributed by atoms with Crippen LogP contribution in [0, 0.1) is 5.92 Å². The molecule has 1 heterocycles. The molecule has 0 bridgehead atoms. The molecule has 0 aliphatic heterocycles. The number of rotatable bonds is 8. The number of aryl methyl sites for hydroxylation is 1. The van der Waals surface area contributed by atoms with Crippen molar-refractivity contribution >= 4 is 35.4 Å². The van der Waals surface area contributed by atoms with Gasteiger partial charge >= 0.3 is 6.03 Å². The quantitative estimate of drug-likeness (QED) is 0.245. The number of H-pyrrole nitrogens is 1. The fraction of sp³-hybridized carbons (Fsp3) is 0.545. The number of carbonyl (C=O) groups is 2. The second-order valence-corrected chi connectivity index (χ2v) is 8.76. The van der Waals surface area contributed by atoms with Crippen LogP contribution in [-0.2, 0) is 17.6 Å². The maximum absolute atomic E-state index is 11.9. The van der Waals surface area contributed by atoms with Gasteiger partial charge in [0.25, 0.3) is 6.47 Å². The molecule has 1 aromatic heterocycles. The zero-order valence-electron chi connectivity index (χ0n) is 18.1. The van der Waals surface area contributed by atoms with E-state index in [0.717, 1.165) is 43.7 Å². The molecule has 8 heteroatoms. The van der Waals surface area contributed by atoms with Crippen LogP contribution in [0.15, 0.2) is 23.1 Å². The number of nitrogens with one attached hydrogen (secondary N) is 4. The minimum Gasteiger partial charge on any atom is -0.483 e. The average molecular weight is 435 g/mol. The Morgan fingerprint density at radius 3 is 2.87 bits per heavy atom. The standard InChI is InChI=1S/C21H32N4OS.CH2O2/c1-4-5-10-22-21(26)25-27-16-7-9-20-18(12-16)17-11-15(13-23-14(2)3)6-8-19(17)24-20;2-1-3/h7,9,12,14-15,23-24H,4-6,8,10-11,13H2,1-3H3,(H2,22,25,26);1H,(H,2,3). The highest BCUT2D eigenvalue weighted by molar-refractivity contribution is 7.98. The van der Waals surface area contributed by atoms with Crippen molar-refractivity contribution in [3.05, 3.63) is 29.5 Å². The number of aromatic amines is 1. The Morgan fingerprint density at radius 1 is 1.40 bits per heavy atom. The molecule has 7 nitrogen and oxygen atoms in total. The summed E-state index contributed by atoms with van der Waals surface area (Å²) in [5, 5.41) is 14.7. The molecule has 1 aliphatic rings. The van der Waals surface area contributed by atoms with E-state index in [1.807, 2.05) is 0 Å². The normalized spacial score (nSPS) is 15.3. The summed E-state index contributed by atoms with van der Waals surface area (Å²) in [5.74, 6) is 0.692. The number of carboxylic acid groups (broad SMARTS) is 1. The predicted molar refractivity (Wildman–Crippen MR) is 123 cm³/mol. The van der Waals surface area contributed by atoms with E-state index in [2.05, 4.69) is 59.3 Å². The van der Waals surface area contributed by atoms with Crippen LogP contribution >= 0.6 is 11.9 Å². The SMILES string of the molecule is CCCCNC(=O)NSc1ccc2[nH]c3c(c2c1)CC(CNC(C)C)CC3.O=CO. The Labute approximate surface area is 182 Å². The highest BCUT2D eigenvalue weighted by Gasteiger charge is 2.22. The fourth-order valence-electron chi connectivity index (χ4n) is 3.63. The van der Waals surface area contributed by atoms with Crippen LogP contribution in [0.5, 0.6) is 0 Å². The van der Waals surface area contributed by atoms with Gasteiger partial charge in [-0.15, -0.1) is 0 Å². The van der Waals surface area contributed by atoms with E-state index < -0.39 is 0 Å². The number of amides is 2. The lowest BCUT2D eigenvalue weighted by molar-refractivity contribution is -0.122. The number of unbranched alkanes of at least 4 members (excludes halogenated alkanes) is 1. The molecule has 30 heavy (non-hydrogen) atoms. The molecule has 1 unspecified atom stereocenters. The third-order valence-electron chi connectivity index (χ3n) is 5.15. The Kier molecular flexibility index (Phi) is 10.0. The maximum Gasteiger partial charge on any atom is 0.325 e. The van der Waals surface area contributed by atoms with Gasteiger partial charge in [0, 0.05) is 34.1 Å². The third kappa shape index (κ3) is 7.25. The Morgan fingerprint density at radius 2 is 2.17 bits per heavy atom. The first kappa shape index (κ1) is 24.1. The van der Waals surface area contributed by atoms with Crippen molar-refractivity contribution in [2.24, 2.45) is 5.92 Å². The van der Waals surface area contributed by atoms with Gasteiger partial charge in [-0.3, -0.25) is 9.52 Å². The van der Waals surface area contributed by atoms with Crippen LogP contribution in [0.1, 0.15) is 51.3 Å². The van der Waals surface area contributed by atoms with Gasteiger partial charge in [0.1, 0.15) is 0 Å². The number of hydrogen-bond donors (Lipinski definition) is 5. The van der Waals surface area contributed by atoms with E-state index in [4.69, 9.17) is 9.90 Å². The molecule has 0 saturated carbocycles. The van der Waals surface area contributed by atoms with Crippen LogP contribution in [-0.4, -0.2) is 41.7 Å². The third-order valence-corrected chi connectivity index (χ3v) is 5.93. The molecular weight excluding hydrogens is 400 g/mol. The Hall–Kier alpha value is -2.19. The van der Waals surface area contributed by atoms with Gasteiger partial charge in [-0.2, -0.15) is 0 Å². The van der Waals surface area contributed by atoms with Gasteiger partial charge < -0.3 is 20.7 Å². The van der Waals surface area contributed by atoms with Crippen molar-refractivity contribution in [3.63, 3.8) is 0 Å². The second kappa shape index (κ2) is 12.5. The van der Waals surface area contributed by atoms with E-state index in [1.54, 1.807) is 0 Å². The first-order chi connectivity index (χ1) is 14.5.